The maximum atomic E-state index is 12.5. The van der Waals surface area contributed by atoms with Crippen molar-refractivity contribution in [2.24, 2.45) is 0 Å². The van der Waals surface area contributed by atoms with Gasteiger partial charge in [0.2, 0.25) is 0 Å². The summed E-state index contributed by atoms with van der Waals surface area (Å²) in [6, 6.07) is 9.16. The Bertz CT molecular complexity index is 737. The lowest BCUT2D eigenvalue weighted by molar-refractivity contribution is -0.137. The van der Waals surface area contributed by atoms with Crippen molar-refractivity contribution in [3.8, 4) is 0 Å². The van der Waals surface area contributed by atoms with Gasteiger partial charge in [-0.25, -0.2) is 0 Å². The molecule has 0 saturated heterocycles. The third kappa shape index (κ3) is 5.15. The largest absolute Gasteiger partial charge is 0.480 e. The van der Waals surface area contributed by atoms with E-state index in [1.807, 2.05) is 36.7 Å². The lowest BCUT2D eigenvalue weighted by Gasteiger charge is -2.20. The van der Waals surface area contributed by atoms with Crippen molar-refractivity contribution in [2.75, 3.05) is 26.8 Å². The molecule has 1 aromatic heterocycles. The second-order valence-electron chi connectivity index (χ2n) is 5.89. The van der Waals surface area contributed by atoms with E-state index in [9.17, 15) is 9.59 Å². The molecule has 2 rings (SSSR count). The molecule has 0 radical (unpaired) electrons. The molecule has 0 aliphatic carbocycles. The number of nitrogens with zero attached hydrogens (tertiary/aromatic N) is 3. The molecule has 2 aromatic rings. The Hall–Kier alpha value is -2.67. The molecule has 0 aliphatic rings. The van der Waals surface area contributed by atoms with Crippen LogP contribution in [0.25, 0.3) is 0 Å². The number of methoxy groups -OCH3 is 1. The molecule has 0 unspecified atom stereocenters. The van der Waals surface area contributed by atoms with E-state index >= 15 is 0 Å². The molecule has 1 aromatic carbocycles. The van der Waals surface area contributed by atoms with Crippen LogP contribution in [0.15, 0.2) is 30.3 Å². The smallest absolute Gasteiger partial charge is 0.323 e. The number of carboxylic acids is 1. The molecule has 1 heterocycles. The number of aliphatic carboxylic acids is 1. The predicted molar refractivity (Wildman–Crippen MR) is 92.7 cm³/mol. The van der Waals surface area contributed by atoms with Crippen LogP contribution >= 0.6 is 0 Å². The number of amides is 1. The summed E-state index contributed by atoms with van der Waals surface area (Å²) in [4.78, 5) is 24.7. The Balaban J connectivity index is 2.09. The zero-order valence-corrected chi connectivity index (χ0v) is 14.7. The van der Waals surface area contributed by atoms with Crippen molar-refractivity contribution in [3.63, 3.8) is 0 Å². The maximum absolute atomic E-state index is 12.5. The van der Waals surface area contributed by atoms with Crippen LogP contribution in [0.5, 0.6) is 0 Å². The normalized spacial score (nSPS) is 10.7. The van der Waals surface area contributed by atoms with Gasteiger partial charge < -0.3 is 14.7 Å². The number of carboxylic acid groups (broad SMARTS) is 1. The molecule has 134 valence electrons. The fraction of sp³-hybridized carbons (Fsp3) is 0.389. The lowest BCUT2D eigenvalue weighted by atomic mass is 10.1. The molecule has 0 spiro atoms. The quantitative estimate of drug-likeness (QED) is 0.787. The molecule has 7 nitrogen and oxygen atoms in total. The molecule has 0 aliphatic heterocycles. The van der Waals surface area contributed by atoms with E-state index in [0.29, 0.717) is 12.1 Å². The SMILES string of the molecule is COCCN(CC(=O)O)C(=O)c1ccc(Cn2nc(C)cc2C)cc1. The topological polar surface area (TPSA) is 84.7 Å². The highest BCUT2D eigenvalue weighted by molar-refractivity contribution is 5.95. The second kappa shape index (κ2) is 8.43. The number of carbonyl (C=O) groups is 2. The number of rotatable bonds is 8. The maximum Gasteiger partial charge on any atom is 0.323 e. The first-order chi connectivity index (χ1) is 11.9. The van der Waals surface area contributed by atoms with E-state index in [-0.39, 0.29) is 25.6 Å². The number of ether oxygens (including phenoxy) is 1. The molecule has 7 heteroatoms. The minimum absolute atomic E-state index is 0.231. The Morgan fingerprint density at radius 3 is 2.44 bits per heavy atom. The second-order valence-corrected chi connectivity index (χ2v) is 5.89. The van der Waals surface area contributed by atoms with Crippen molar-refractivity contribution in [3.05, 3.63) is 52.8 Å². The molecular weight excluding hydrogens is 322 g/mol. The van der Waals surface area contributed by atoms with Crippen LogP contribution in [0.3, 0.4) is 0 Å². The Labute approximate surface area is 146 Å². The molecule has 1 amide bonds. The number of hydrogen-bond acceptors (Lipinski definition) is 4. The highest BCUT2D eigenvalue weighted by Crippen LogP contribution is 2.11. The third-order valence-electron chi connectivity index (χ3n) is 3.82. The van der Waals surface area contributed by atoms with Gasteiger partial charge >= 0.3 is 5.97 Å². The average molecular weight is 345 g/mol. The van der Waals surface area contributed by atoms with Crippen molar-refractivity contribution >= 4 is 11.9 Å². The molecule has 0 saturated carbocycles. The first kappa shape index (κ1) is 18.7. The van der Waals surface area contributed by atoms with Gasteiger partial charge in [-0.05, 0) is 37.6 Å². The van der Waals surface area contributed by atoms with Crippen LogP contribution in [0.1, 0.15) is 27.3 Å². The number of hydrogen-bond donors (Lipinski definition) is 1. The van der Waals surface area contributed by atoms with Crippen molar-refractivity contribution < 1.29 is 19.4 Å². The zero-order valence-electron chi connectivity index (χ0n) is 14.7. The summed E-state index contributed by atoms with van der Waals surface area (Å²) in [6.07, 6.45) is 0. The van der Waals surface area contributed by atoms with Gasteiger partial charge in [0.05, 0.1) is 18.8 Å². The van der Waals surface area contributed by atoms with Crippen molar-refractivity contribution in [2.45, 2.75) is 20.4 Å². The Morgan fingerprint density at radius 1 is 1.24 bits per heavy atom. The lowest BCUT2D eigenvalue weighted by Crippen LogP contribution is -2.38. The van der Waals surface area contributed by atoms with Crippen LogP contribution in [0, 0.1) is 13.8 Å². The molecule has 0 atom stereocenters. The molecular formula is C18H23N3O4. The van der Waals surface area contributed by atoms with Crippen LogP contribution in [-0.2, 0) is 16.1 Å². The number of aromatic nitrogens is 2. The number of carbonyl (C=O) groups excluding carboxylic acids is 1. The summed E-state index contributed by atoms with van der Waals surface area (Å²) in [5.41, 5.74) is 3.51. The van der Waals surface area contributed by atoms with Gasteiger partial charge in [0.1, 0.15) is 6.54 Å². The van der Waals surface area contributed by atoms with E-state index in [2.05, 4.69) is 5.10 Å². The van der Waals surface area contributed by atoms with Crippen LogP contribution in [-0.4, -0.2) is 58.5 Å². The average Bonchev–Trinajstić information content (AvgIpc) is 2.88. The van der Waals surface area contributed by atoms with E-state index in [4.69, 9.17) is 9.84 Å². The van der Waals surface area contributed by atoms with Crippen LogP contribution in [0.4, 0.5) is 0 Å². The zero-order chi connectivity index (χ0) is 18.4. The summed E-state index contributed by atoms with van der Waals surface area (Å²) < 4.78 is 6.85. The summed E-state index contributed by atoms with van der Waals surface area (Å²) in [6.45, 7) is 4.73. The summed E-state index contributed by atoms with van der Waals surface area (Å²) in [5.74, 6) is -1.37. The van der Waals surface area contributed by atoms with Gasteiger partial charge in [0.25, 0.3) is 5.91 Å². The fourth-order valence-electron chi connectivity index (χ4n) is 2.56. The summed E-state index contributed by atoms with van der Waals surface area (Å²) in [7, 11) is 1.51. The van der Waals surface area contributed by atoms with Gasteiger partial charge in [0.15, 0.2) is 0 Å². The van der Waals surface area contributed by atoms with E-state index in [1.165, 1.54) is 12.0 Å². The molecule has 1 N–H and O–H groups in total. The fourth-order valence-corrected chi connectivity index (χ4v) is 2.56. The highest BCUT2D eigenvalue weighted by Gasteiger charge is 2.18. The molecule has 0 fully saturated rings. The van der Waals surface area contributed by atoms with E-state index in [0.717, 1.165) is 17.0 Å². The molecule has 0 bridgehead atoms. The van der Waals surface area contributed by atoms with Gasteiger partial charge in [-0.2, -0.15) is 5.10 Å². The van der Waals surface area contributed by atoms with Crippen molar-refractivity contribution in [1.29, 1.82) is 0 Å². The van der Waals surface area contributed by atoms with Crippen LogP contribution in [0.2, 0.25) is 0 Å². The minimum Gasteiger partial charge on any atom is -0.480 e. The van der Waals surface area contributed by atoms with Gasteiger partial charge in [-0.3, -0.25) is 14.3 Å². The van der Waals surface area contributed by atoms with Crippen LogP contribution < -0.4 is 0 Å². The van der Waals surface area contributed by atoms with E-state index < -0.39 is 5.97 Å². The van der Waals surface area contributed by atoms with Gasteiger partial charge in [0, 0.05) is 24.9 Å². The van der Waals surface area contributed by atoms with Gasteiger partial charge in [-0.1, -0.05) is 12.1 Å². The first-order valence-electron chi connectivity index (χ1n) is 8.00. The summed E-state index contributed by atoms with van der Waals surface area (Å²) in [5, 5.41) is 13.4. The van der Waals surface area contributed by atoms with Gasteiger partial charge in [-0.15, -0.1) is 0 Å². The standard InChI is InChI=1S/C18H23N3O4/c1-13-10-14(2)21(19-13)11-15-4-6-16(7-5-15)18(24)20(8-9-25-3)12-17(22)23/h4-7,10H,8-9,11-12H2,1-3H3,(H,22,23). The number of benzene rings is 1. The van der Waals surface area contributed by atoms with E-state index in [1.54, 1.807) is 12.1 Å². The Morgan fingerprint density at radius 2 is 1.92 bits per heavy atom. The monoisotopic (exact) mass is 345 g/mol. The summed E-state index contributed by atoms with van der Waals surface area (Å²) >= 11 is 0. The number of aryl methyl sites for hydroxylation is 2. The third-order valence-corrected chi connectivity index (χ3v) is 3.82. The first-order valence-corrected chi connectivity index (χ1v) is 8.00. The predicted octanol–water partition coefficient (Wildman–Crippen LogP) is 1.72. The van der Waals surface area contributed by atoms with Crippen molar-refractivity contribution in [1.82, 2.24) is 14.7 Å². The highest BCUT2D eigenvalue weighted by atomic mass is 16.5. The minimum atomic E-state index is -1.05. The molecule has 25 heavy (non-hydrogen) atoms. The Kier molecular flexibility index (Phi) is 6.30.